The number of anilines is 1. The number of carbonyl (C=O) groups excluding carboxylic acids is 2. The van der Waals surface area contributed by atoms with Crippen molar-refractivity contribution in [2.24, 2.45) is 5.73 Å². The molecule has 0 saturated heterocycles. The van der Waals surface area contributed by atoms with Gasteiger partial charge in [0.05, 0.1) is 10.0 Å². The molecule has 112 valence electrons. The lowest BCUT2D eigenvalue weighted by Gasteiger charge is -2.12. The van der Waals surface area contributed by atoms with Crippen molar-refractivity contribution in [3.8, 4) is 0 Å². The Morgan fingerprint density at radius 2 is 1.55 bits per heavy atom. The van der Waals surface area contributed by atoms with Gasteiger partial charge in [0, 0.05) is 33.9 Å². The number of hydrogen-bond donors (Lipinski definition) is 2. The average Bonchev–Trinajstić information content (AvgIpc) is 2.34. The van der Waals surface area contributed by atoms with Crippen molar-refractivity contribution in [2.45, 2.75) is 0 Å². The molecule has 0 fully saturated rings. The van der Waals surface area contributed by atoms with E-state index in [1.54, 1.807) is 46.4 Å². The van der Waals surface area contributed by atoms with Gasteiger partial charge in [-0.3, -0.25) is 0 Å². The maximum Gasteiger partial charge on any atom is 0.321 e. The molecule has 0 aliphatic rings. The fraction of sp³-hybridized carbons (Fsp3) is 0.333. The van der Waals surface area contributed by atoms with Crippen molar-refractivity contribution in [1.82, 2.24) is 9.80 Å². The van der Waals surface area contributed by atoms with Crippen LogP contribution in [0.25, 0.3) is 0 Å². The highest BCUT2D eigenvalue weighted by molar-refractivity contribution is 6.42. The molecule has 0 bridgehead atoms. The van der Waals surface area contributed by atoms with Crippen LogP contribution in [0.3, 0.4) is 0 Å². The Balaban J connectivity index is 0.000000511. The van der Waals surface area contributed by atoms with Gasteiger partial charge in [0.1, 0.15) is 0 Å². The molecule has 0 saturated carbocycles. The van der Waals surface area contributed by atoms with Gasteiger partial charge >= 0.3 is 12.1 Å². The van der Waals surface area contributed by atoms with E-state index in [1.807, 2.05) is 0 Å². The Bertz CT molecular complexity index is 479. The summed E-state index contributed by atoms with van der Waals surface area (Å²) in [7, 11) is 6.52. The topological polar surface area (TPSA) is 78.7 Å². The standard InChI is InChI=1S/C9H10Cl2N2O.C3H8N2O/c1-13(2)9(14)12-6-3-4-7(10)8(11)5-6;1-5(2)3(4)6/h3-5H,1-2H3,(H,12,14);1-2H3,(H2,4,6). The van der Waals surface area contributed by atoms with Gasteiger partial charge in [-0.25, -0.2) is 9.59 Å². The second-order valence-corrected chi connectivity index (χ2v) is 5.00. The zero-order valence-electron chi connectivity index (χ0n) is 11.8. The van der Waals surface area contributed by atoms with Crippen LogP contribution >= 0.6 is 23.2 Å². The number of primary amides is 1. The van der Waals surface area contributed by atoms with Crippen molar-refractivity contribution < 1.29 is 9.59 Å². The van der Waals surface area contributed by atoms with Crippen LogP contribution in [-0.4, -0.2) is 50.1 Å². The lowest BCUT2D eigenvalue weighted by molar-refractivity contribution is 0.227. The Kier molecular flexibility index (Phi) is 7.79. The normalized spacial score (nSPS) is 9.10. The molecular formula is C12H18Cl2N4O2. The average molecular weight is 321 g/mol. The number of carbonyl (C=O) groups is 2. The molecule has 0 aliphatic heterocycles. The van der Waals surface area contributed by atoms with E-state index in [4.69, 9.17) is 28.9 Å². The highest BCUT2D eigenvalue weighted by atomic mass is 35.5. The minimum Gasteiger partial charge on any atom is -0.352 e. The largest absolute Gasteiger partial charge is 0.352 e. The predicted octanol–water partition coefficient (Wildman–Crippen LogP) is 2.71. The van der Waals surface area contributed by atoms with Crippen LogP contribution in [0.4, 0.5) is 15.3 Å². The Morgan fingerprint density at radius 3 is 1.90 bits per heavy atom. The van der Waals surface area contributed by atoms with Crippen molar-refractivity contribution in [1.29, 1.82) is 0 Å². The van der Waals surface area contributed by atoms with Crippen molar-refractivity contribution in [3.63, 3.8) is 0 Å². The number of urea groups is 2. The summed E-state index contributed by atoms with van der Waals surface area (Å²) in [4.78, 5) is 23.8. The third-order valence-corrected chi connectivity index (χ3v) is 2.76. The molecule has 0 aliphatic carbocycles. The molecule has 0 unspecified atom stereocenters. The van der Waals surface area contributed by atoms with Crippen LogP contribution in [-0.2, 0) is 0 Å². The van der Waals surface area contributed by atoms with Crippen molar-refractivity contribution >= 4 is 41.0 Å². The van der Waals surface area contributed by atoms with Gasteiger partial charge in [-0.1, -0.05) is 23.2 Å². The minimum atomic E-state index is -0.407. The van der Waals surface area contributed by atoms with Crippen molar-refractivity contribution in [2.75, 3.05) is 33.5 Å². The number of halogens is 2. The van der Waals surface area contributed by atoms with E-state index in [9.17, 15) is 9.59 Å². The molecular weight excluding hydrogens is 303 g/mol. The van der Waals surface area contributed by atoms with E-state index in [0.29, 0.717) is 15.7 Å². The van der Waals surface area contributed by atoms with Crippen LogP contribution in [0, 0.1) is 0 Å². The Morgan fingerprint density at radius 1 is 1.05 bits per heavy atom. The summed E-state index contributed by atoms with van der Waals surface area (Å²) >= 11 is 11.5. The number of amides is 4. The first-order valence-corrected chi connectivity index (χ1v) is 6.30. The first-order chi connectivity index (χ1) is 9.15. The van der Waals surface area contributed by atoms with Gasteiger partial charge in [-0.05, 0) is 18.2 Å². The SMILES string of the molecule is CN(C)C(=O)Nc1ccc(Cl)c(Cl)c1.CN(C)C(N)=O. The molecule has 1 rings (SSSR count). The van der Waals surface area contributed by atoms with Gasteiger partial charge in [-0.15, -0.1) is 0 Å². The van der Waals surface area contributed by atoms with Gasteiger partial charge in [-0.2, -0.15) is 0 Å². The highest BCUT2D eigenvalue weighted by Crippen LogP contribution is 2.24. The summed E-state index contributed by atoms with van der Waals surface area (Å²) in [6.07, 6.45) is 0. The van der Waals surface area contributed by atoms with E-state index in [1.165, 1.54) is 9.80 Å². The summed E-state index contributed by atoms with van der Waals surface area (Å²) in [5, 5.41) is 3.54. The molecule has 1 aromatic rings. The molecule has 0 aromatic heterocycles. The third kappa shape index (κ3) is 7.06. The lowest BCUT2D eigenvalue weighted by Crippen LogP contribution is -2.27. The molecule has 8 heteroatoms. The molecule has 0 heterocycles. The van der Waals surface area contributed by atoms with Gasteiger partial charge in [0.2, 0.25) is 0 Å². The van der Waals surface area contributed by atoms with Gasteiger partial charge in [0.15, 0.2) is 0 Å². The van der Waals surface area contributed by atoms with Crippen LogP contribution in [0.5, 0.6) is 0 Å². The maximum atomic E-state index is 11.2. The molecule has 0 radical (unpaired) electrons. The molecule has 0 atom stereocenters. The first-order valence-electron chi connectivity index (χ1n) is 5.55. The number of benzene rings is 1. The van der Waals surface area contributed by atoms with Crippen LogP contribution in [0.15, 0.2) is 18.2 Å². The lowest BCUT2D eigenvalue weighted by atomic mass is 10.3. The highest BCUT2D eigenvalue weighted by Gasteiger charge is 2.05. The number of hydrogen-bond acceptors (Lipinski definition) is 2. The second-order valence-electron chi connectivity index (χ2n) is 4.19. The maximum absolute atomic E-state index is 11.2. The smallest absolute Gasteiger partial charge is 0.321 e. The summed E-state index contributed by atoms with van der Waals surface area (Å²) < 4.78 is 0. The monoisotopic (exact) mass is 320 g/mol. The van der Waals surface area contributed by atoms with Crippen LogP contribution in [0.1, 0.15) is 0 Å². The van der Waals surface area contributed by atoms with E-state index in [2.05, 4.69) is 5.32 Å². The van der Waals surface area contributed by atoms with E-state index in [-0.39, 0.29) is 6.03 Å². The summed E-state index contributed by atoms with van der Waals surface area (Å²) in [6, 6.07) is 4.31. The van der Waals surface area contributed by atoms with Crippen molar-refractivity contribution in [3.05, 3.63) is 28.2 Å². The van der Waals surface area contributed by atoms with Gasteiger partial charge < -0.3 is 20.9 Å². The first kappa shape index (κ1) is 18.3. The molecule has 6 nitrogen and oxygen atoms in total. The fourth-order valence-corrected chi connectivity index (χ4v) is 1.11. The molecule has 0 spiro atoms. The zero-order chi connectivity index (χ0) is 15.9. The molecule has 4 amide bonds. The minimum absolute atomic E-state index is 0.205. The zero-order valence-corrected chi connectivity index (χ0v) is 13.3. The quantitative estimate of drug-likeness (QED) is 0.834. The Hall–Kier alpha value is -1.66. The second kappa shape index (κ2) is 8.50. The number of nitrogens with two attached hydrogens (primary N) is 1. The molecule has 1 aromatic carbocycles. The van der Waals surface area contributed by atoms with Gasteiger partial charge in [0.25, 0.3) is 0 Å². The molecule has 20 heavy (non-hydrogen) atoms. The summed E-state index contributed by atoms with van der Waals surface area (Å²) in [5.41, 5.74) is 5.35. The number of rotatable bonds is 1. The molecule has 3 N–H and O–H groups in total. The predicted molar refractivity (Wildman–Crippen MR) is 82.4 cm³/mol. The number of nitrogens with one attached hydrogen (secondary N) is 1. The van der Waals surface area contributed by atoms with E-state index < -0.39 is 6.03 Å². The summed E-state index contributed by atoms with van der Waals surface area (Å²) in [6.45, 7) is 0. The van der Waals surface area contributed by atoms with E-state index in [0.717, 1.165) is 0 Å². The third-order valence-electron chi connectivity index (χ3n) is 2.02. The fourth-order valence-electron chi connectivity index (χ4n) is 0.809. The van der Waals surface area contributed by atoms with Crippen LogP contribution < -0.4 is 11.1 Å². The summed E-state index contributed by atoms with van der Waals surface area (Å²) in [5.74, 6) is 0. The van der Waals surface area contributed by atoms with E-state index >= 15 is 0 Å². The van der Waals surface area contributed by atoms with Crippen LogP contribution in [0.2, 0.25) is 10.0 Å². The Labute approximate surface area is 128 Å². The number of nitrogens with zero attached hydrogens (tertiary/aromatic N) is 2.